The number of likely N-dealkylation sites (N-methyl/N-ethyl adjacent to an activating group) is 3. The van der Waals surface area contributed by atoms with Crippen molar-refractivity contribution in [1.29, 1.82) is 0 Å². The van der Waals surface area contributed by atoms with Crippen LogP contribution in [-0.2, 0) is 4.74 Å². The first-order chi connectivity index (χ1) is 7.18. The molecule has 0 spiro atoms. The lowest BCUT2D eigenvalue weighted by molar-refractivity contribution is 0.0837. The van der Waals surface area contributed by atoms with Crippen LogP contribution in [0.15, 0.2) is 0 Å². The minimum absolute atomic E-state index is 0.855. The van der Waals surface area contributed by atoms with Crippen LogP contribution in [0.1, 0.15) is 0 Å². The summed E-state index contributed by atoms with van der Waals surface area (Å²) in [5.74, 6) is 0. The molecule has 4 heteroatoms. The summed E-state index contributed by atoms with van der Waals surface area (Å²) in [7, 11) is 6.52. The number of ether oxygens (including phenoxy) is 1. The summed E-state index contributed by atoms with van der Waals surface area (Å²) >= 11 is 0. The highest BCUT2D eigenvalue weighted by Crippen LogP contribution is 1.92. The molecule has 0 aromatic carbocycles. The van der Waals surface area contributed by atoms with Gasteiger partial charge in [0, 0.05) is 39.3 Å². The van der Waals surface area contributed by atoms with E-state index in [1.165, 1.54) is 0 Å². The molecule has 0 aromatic rings. The summed E-state index contributed by atoms with van der Waals surface area (Å²) < 4.78 is 5.58. The minimum atomic E-state index is 0.855. The fraction of sp³-hybridized carbons (Fsp3) is 1.00. The zero-order chi connectivity index (χ0) is 11.1. The van der Waals surface area contributed by atoms with Gasteiger partial charge in [-0.2, -0.15) is 0 Å². The molecule has 15 heavy (non-hydrogen) atoms. The molecule has 0 saturated carbocycles. The summed E-state index contributed by atoms with van der Waals surface area (Å²) in [5, 5.41) is 0. The third-order valence-electron chi connectivity index (χ3n) is 2.96. The van der Waals surface area contributed by atoms with E-state index < -0.39 is 0 Å². The molecule has 1 heterocycles. The molecule has 1 rings (SSSR count). The molecule has 0 aliphatic carbocycles. The quantitative estimate of drug-likeness (QED) is 0.557. The molecule has 90 valence electrons. The first-order valence-corrected chi connectivity index (χ1v) is 5.82. The predicted molar refractivity (Wildman–Crippen MR) is 63.3 cm³/mol. The van der Waals surface area contributed by atoms with Crippen molar-refractivity contribution in [2.75, 3.05) is 73.6 Å². The molecule has 1 aliphatic rings. The molecular weight excluding hydrogens is 190 g/mol. The van der Waals surface area contributed by atoms with Gasteiger partial charge in [0.2, 0.25) is 0 Å². The molecule has 0 bridgehead atoms. The van der Waals surface area contributed by atoms with Gasteiger partial charge in [-0.15, -0.1) is 0 Å². The average molecular weight is 215 g/mol. The van der Waals surface area contributed by atoms with E-state index in [-0.39, 0.29) is 0 Å². The molecule has 0 radical (unpaired) electrons. The summed E-state index contributed by atoms with van der Waals surface area (Å²) in [6.07, 6.45) is 0. The highest BCUT2D eigenvalue weighted by molar-refractivity contribution is 4.61. The van der Waals surface area contributed by atoms with Gasteiger partial charge in [-0.3, -0.25) is 0 Å². The fourth-order valence-corrected chi connectivity index (χ4v) is 1.56. The Labute approximate surface area is 93.8 Å². The maximum absolute atomic E-state index is 5.58. The maximum atomic E-state index is 5.58. The van der Waals surface area contributed by atoms with Gasteiger partial charge in [-0.05, 0) is 21.1 Å². The van der Waals surface area contributed by atoms with E-state index in [0.29, 0.717) is 0 Å². The smallest absolute Gasteiger partial charge is 0.0593 e. The first-order valence-electron chi connectivity index (χ1n) is 5.82. The van der Waals surface area contributed by atoms with Crippen molar-refractivity contribution in [2.45, 2.75) is 0 Å². The zero-order valence-corrected chi connectivity index (χ0v) is 10.4. The second kappa shape index (κ2) is 7.17. The summed E-state index contributed by atoms with van der Waals surface area (Å²) in [5.41, 5.74) is 0. The van der Waals surface area contributed by atoms with E-state index in [4.69, 9.17) is 4.74 Å². The van der Waals surface area contributed by atoms with E-state index in [1.54, 1.807) is 0 Å². The third-order valence-corrected chi connectivity index (χ3v) is 2.96. The molecule has 0 amide bonds. The van der Waals surface area contributed by atoms with Crippen molar-refractivity contribution >= 4 is 0 Å². The zero-order valence-electron chi connectivity index (χ0n) is 10.4. The van der Waals surface area contributed by atoms with Crippen LogP contribution in [0.25, 0.3) is 0 Å². The fourth-order valence-electron chi connectivity index (χ4n) is 1.56. The molecule has 0 N–H and O–H groups in total. The van der Waals surface area contributed by atoms with Gasteiger partial charge in [0.1, 0.15) is 0 Å². The normalized spacial score (nSPS) is 25.8. The Bertz CT molecular complexity index is 150. The third kappa shape index (κ3) is 6.10. The Balaban J connectivity index is 2.30. The Hall–Kier alpha value is -0.160. The van der Waals surface area contributed by atoms with Crippen molar-refractivity contribution in [3.63, 3.8) is 0 Å². The average Bonchev–Trinajstić information content (AvgIpc) is 2.21. The molecule has 1 aliphatic heterocycles. The Kier molecular flexibility index (Phi) is 6.17. The lowest BCUT2D eigenvalue weighted by atomic mass is 10.4. The number of rotatable bonds is 0. The summed E-state index contributed by atoms with van der Waals surface area (Å²) in [6, 6.07) is 0. The van der Waals surface area contributed by atoms with Crippen LogP contribution >= 0.6 is 0 Å². The van der Waals surface area contributed by atoms with Crippen molar-refractivity contribution < 1.29 is 4.74 Å². The van der Waals surface area contributed by atoms with E-state index >= 15 is 0 Å². The van der Waals surface area contributed by atoms with Crippen molar-refractivity contribution in [3.05, 3.63) is 0 Å². The highest BCUT2D eigenvalue weighted by Gasteiger charge is 2.06. The number of hydrogen-bond acceptors (Lipinski definition) is 4. The lowest BCUT2D eigenvalue weighted by Crippen LogP contribution is -2.38. The van der Waals surface area contributed by atoms with Crippen LogP contribution in [0.5, 0.6) is 0 Å². The maximum Gasteiger partial charge on any atom is 0.0593 e. The Morgan fingerprint density at radius 1 is 0.600 bits per heavy atom. The van der Waals surface area contributed by atoms with Crippen LogP contribution < -0.4 is 0 Å². The molecule has 4 nitrogen and oxygen atoms in total. The second-order valence-corrected chi connectivity index (χ2v) is 4.52. The molecule has 0 atom stereocenters. The van der Waals surface area contributed by atoms with Crippen LogP contribution in [0.4, 0.5) is 0 Å². The van der Waals surface area contributed by atoms with Gasteiger partial charge in [-0.25, -0.2) is 0 Å². The molecule has 0 aromatic heterocycles. The van der Waals surface area contributed by atoms with Gasteiger partial charge in [-0.1, -0.05) is 0 Å². The van der Waals surface area contributed by atoms with E-state index in [2.05, 4.69) is 35.8 Å². The SMILES string of the molecule is CN1CCOCCN(C)CCN(C)CC1. The topological polar surface area (TPSA) is 19.0 Å². The summed E-state index contributed by atoms with van der Waals surface area (Å²) in [4.78, 5) is 7.07. The largest absolute Gasteiger partial charge is 0.379 e. The minimum Gasteiger partial charge on any atom is -0.379 e. The molecule has 1 fully saturated rings. The van der Waals surface area contributed by atoms with Crippen molar-refractivity contribution in [2.24, 2.45) is 0 Å². The van der Waals surface area contributed by atoms with Gasteiger partial charge in [0.15, 0.2) is 0 Å². The van der Waals surface area contributed by atoms with E-state index in [9.17, 15) is 0 Å². The standard InChI is InChI=1S/C11H25N3O/c1-12-4-6-13(2)8-10-15-11-9-14(3)7-5-12/h4-11H2,1-3H3. The Morgan fingerprint density at radius 3 is 1.33 bits per heavy atom. The number of nitrogens with zero attached hydrogens (tertiary/aromatic N) is 3. The van der Waals surface area contributed by atoms with E-state index in [0.717, 1.165) is 52.5 Å². The van der Waals surface area contributed by atoms with Crippen LogP contribution in [0.3, 0.4) is 0 Å². The summed E-state index contributed by atoms with van der Waals surface area (Å²) in [6.45, 7) is 8.33. The van der Waals surface area contributed by atoms with Gasteiger partial charge in [0.05, 0.1) is 13.2 Å². The van der Waals surface area contributed by atoms with Crippen LogP contribution in [-0.4, -0.2) is 88.3 Å². The van der Waals surface area contributed by atoms with E-state index in [1.807, 2.05) is 0 Å². The van der Waals surface area contributed by atoms with Gasteiger partial charge >= 0.3 is 0 Å². The monoisotopic (exact) mass is 215 g/mol. The van der Waals surface area contributed by atoms with Gasteiger partial charge in [0.25, 0.3) is 0 Å². The van der Waals surface area contributed by atoms with Crippen molar-refractivity contribution in [1.82, 2.24) is 14.7 Å². The predicted octanol–water partition coefficient (Wildman–Crippen LogP) is -0.188. The molecule has 1 saturated heterocycles. The van der Waals surface area contributed by atoms with Crippen LogP contribution in [0, 0.1) is 0 Å². The Morgan fingerprint density at radius 2 is 0.933 bits per heavy atom. The second-order valence-electron chi connectivity index (χ2n) is 4.52. The lowest BCUT2D eigenvalue weighted by Gasteiger charge is -2.26. The highest BCUT2D eigenvalue weighted by atomic mass is 16.5. The van der Waals surface area contributed by atoms with Crippen molar-refractivity contribution in [3.8, 4) is 0 Å². The van der Waals surface area contributed by atoms with Gasteiger partial charge < -0.3 is 19.4 Å². The molecule has 0 unspecified atom stereocenters. The van der Waals surface area contributed by atoms with Crippen LogP contribution in [0.2, 0.25) is 0 Å². The molecular formula is C11H25N3O. The number of hydrogen-bond donors (Lipinski definition) is 0. The first kappa shape index (κ1) is 12.9.